The van der Waals surface area contributed by atoms with Crippen molar-refractivity contribution in [2.24, 2.45) is 0 Å². The fourth-order valence-corrected chi connectivity index (χ4v) is 5.98. The van der Waals surface area contributed by atoms with Crippen LogP contribution in [-0.4, -0.2) is 34.5 Å². The number of hydrogen-bond donors (Lipinski definition) is 2. The van der Waals surface area contributed by atoms with E-state index in [-0.39, 0.29) is 4.90 Å². The predicted octanol–water partition coefficient (Wildman–Crippen LogP) is 4.82. The molecule has 5 aromatic rings. The number of benzene rings is 2. The van der Waals surface area contributed by atoms with E-state index in [1.54, 1.807) is 30.6 Å². The summed E-state index contributed by atoms with van der Waals surface area (Å²) in [4.78, 5) is 13.8. The van der Waals surface area contributed by atoms with Gasteiger partial charge >= 0.3 is 0 Å². The summed E-state index contributed by atoms with van der Waals surface area (Å²) in [7, 11) is -3.63. The second-order valence-electron chi connectivity index (χ2n) is 8.95. The van der Waals surface area contributed by atoms with Crippen LogP contribution in [0.1, 0.15) is 38.4 Å². The molecule has 8 nitrogen and oxygen atoms in total. The number of sulfonamides is 1. The van der Waals surface area contributed by atoms with Gasteiger partial charge in [0.25, 0.3) is 0 Å². The van der Waals surface area contributed by atoms with Crippen molar-refractivity contribution in [3.63, 3.8) is 0 Å². The van der Waals surface area contributed by atoms with E-state index in [1.807, 2.05) is 24.3 Å². The number of nitrogen functional groups attached to an aromatic ring is 1. The van der Waals surface area contributed by atoms with Crippen molar-refractivity contribution in [3.05, 3.63) is 66.7 Å². The van der Waals surface area contributed by atoms with E-state index >= 15 is 0 Å². The molecular formula is C27H30N6O2S. The molecule has 0 saturated carbocycles. The zero-order valence-corrected chi connectivity index (χ0v) is 21.1. The smallest absolute Gasteiger partial charge is 0.241 e. The molecule has 2 aromatic carbocycles. The second-order valence-corrected chi connectivity index (χ2v) is 10.7. The Morgan fingerprint density at radius 1 is 0.972 bits per heavy atom. The molecule has 3 N–H and O–H groups in total. The van der Waals surface area contributed by atoms with Crippen molar-refractivity contribution < 1.29 is 8.42 Å². The number of nitrogens with zero attached hydrogens (tertiary/aromatic N) is 4. The first kappa shape index (κ1) is 24.1. The lowest BCUT2D eigenvalue weighted by atomic mass is 10.2. The lowest BCUT2D eigenvalue weighted by Gasteiger charge is -2.12. The maximum absolute atomic E-state index is 13.0. The van der Waals surface area contributed by atoms with Gasteiger partial charge in [0.05, 0.1) is 15.9 Å². The second kappa shape index (κ2) is 10.2. The number of imidazole rings is 1. The highest BCUT2D eigenvalue weighted by Gasteiger charge is 2.18. The van der Waals surface area contributed by atoms with E-state index in [2.05, 4.69) is 32.2 Å². The predicted molar refractivity (Wildman–Crippen MR) is 144 cm³/mol. The molecule has 0 atom stereocenters. The molecule has 0 unspecified atom stereocenters. The monoisotopic (exact) mass is 502 g/mol. The summed E-state index contributed by atoms with van der Waals surface area (Å²) in [6, 6.07) is 14.9. The Morgan fingerprint density at radius 3 is 2.69 bits per heavy atom. The number of nitrogens with two attached hydrogens (primary N) is 1. The van der Waals surface area contributed by atoms with Crippen LogP contribution in [0.2, 0.25) is 0 Å². The van der Waals surface area contributed by atoms with Gasteiger partial charge in [-0.2, -0.15) is 0 Å². The first-order chi connectivity index (χ1) is 17.5. The van der Waals surface area contributed by atoms with Crippen molar-refractivity contribution in [1.82, 2.24) is 24.2 Å². The maximum Gasteiger partial charge on any atom is 0.241 e. The number of anilines is 1. The summed E-state index contributed by atoms with van der Waals surface area (Å²) in [5.74, 6) is 1.44. The van der Waals surface area contributed by atoms with Crippen molar-refractivity contribution in [3.8, 4) is 0 Å². The Hall–Kier alpha value is -3.56. The number of pyridine rings is 2. The highest BCUT2D eigenvalue weighted by atomic mass is 32.2. The highest BCUT2D eigenvalue weighted by Crippen LogP contribution is 2.29. The van der Waals surface area contributed by atoms with Gasteiger partial charge in [0, 0.05) is 48.1 Å². The van der Waals surface area contributed by atoms with Crippen molar-refractivity contribution in [1.29, 1.82) is 0 Å². The number of nitrogens with one attached hydrogen (secondary N) is 1. The minimum absolute atomic E-state index is 0.277. The zero-order valence-electron chi connectivity index (χ0n) is 20.3. The van der Waals surface area contributed by atoms with Gasteiger partial charge in [-0.15, -0.1) is 0 Å². The van der Waals surface area contributed by atoms with Crippen molar-refractivity contribution in [2.75, 3.05) is 12.3 Å². The lowest BCUT2D eigenvalue weighted by Crippen LogP contribution is -2.25. The Kier molecular flexibility index (Phi) is 6.84. The third-order valence-electron chi connectivity index (χ3n) is 6.47. The minimum atomic E-state index is -3.63. The zero-order chi connectivity index (χ0) is 25.1. The summed E-state index contributed by atoms with van der Waals surface area (Å²) in [6.45, 7) is 3.24. The summed E-state index contributed by atoms with van der Waals surface area (Å²) in [5.41, 5.74) is 8.89. The van der Waals surface area contributed by atoms with Gasteiger partial charge in [-0.25, -0.2) is 23.1 Å². The number of para-hydroxylation sites is 1. The van der Waals surface area contributed by atoms with E-state index < -0.39 is 10.0 Å². The number of aryl methyl sites for hydroxylation is 2. The van der Waals surface area contributed by atoms with Crippen molar-refractivity contribution >= 4 is 48.5 Å². The lowest BCUT2D eigenvalue weighted by molar-refractivity contribution is 0.562. The van der Waals surface area contributed by atoms with Crippen LogP contribution in [0.3, 0.4) is 0 Å². The van der Waals surface area contributed by atoms with Gasteiger partial charge < -0.3 is 10.3 Å². The van der Waals surface area contributed by atoms with E-state index in [0.717, 1.165) is 65.4 Å². The van der Waals surface area contributed by atoms with Gasteiger partial charge in [0.15, 0.2) is 5.82 Å². The van der Waals surface area contributed by atoms with Crippen LogP contribution in [0.15, 0.2) is 65.8 Å². The van der Waals surface area contributed by atoms with Gasteiger partial charge in [0.2, 0.25) is 10.0 Å². The maximum atomic E-state index is 13.0. The van der Waals surface area contributed by atoms with E-state index in [1.165, 1.54) is 0 Å². The average Bonchev–Trinajstić information content (AvgIpc) is 3.26. The van der Waals surface area contributed by atoms with Crippen LogP contribution in [0, 0.1) is 0 Å². The minimum Gasteiger partial charge on any atom is -0.382 e. The number of unbranched alkanes of at least 4 members (excludes halogenated alkanes) is 2. The molecule has 3 heterocycles. The molecule has 0 saturated heterocycles. The molecule has 3 aromatic heterocycles. The number of aromatic nitrogens is 4. The SMILES string of the molecule is CCCCc1nc2c(N)nc3ccccc3c2n1CCCCNS(=O)(=O)c1cccc2cnccc12. The molecule has 36 heavy (non-hydrogen) atoms. The summed E-state index contributed by atoms with van der Waals surface area (Å²) >= 11 is 0. The van der Waals surface area contributed by atoms with Crippen LogP contribution < -0.4 is 10.5 Å². The molecule has 0 aliphatic carbocycles. The van der Waals surface area contributed by atoms with Gasteiger partial charge in [-0.3, -0.25) is 4.98 Å². The topological polar surface area (TPSA) is 116 Å². The number of rotatable bonds is 10. The molecule has 0 bridgehead atoms. The van der Waals surface area contributed by atoms with Crippen LogP contribution in [0.4, 0.5) is 5.82 Å². The molecule has 0 aliphatic rings. The van der Waals surface area contributed by atoms with Crippen LogP contribution in [0.25, 0.3) is 32.7 Å². The van der Waals surface area contributed by atoms with Gasteiger partial charge in [-0.05, 0) is 37.5 Å². The van der Waals surface area contributed by atoms with Crippen LogP contribution in [-0.2, 0) is 23.0 Å². The van der Waals surface area contributed by atoms with Crippen molar-refractivity contribution in [2.45, 2.75) is 50.5 Å². The molecule has 186 valence electrons. The molecule has 5 rings (SSSR count). The molecular weight excluding hydrogens is 472 g/mol. The Bertz CT molecular complexity index is 1640. The van der Waals surface area contributed by atoms with Crippen LogP contribution in [0.5, 0.6) is 0 Å². The highest BCUT2D eigenvalue weighted by molar-refractivity contribution is 7.89. The Balaban J connectivity index is 1.34. The van der Waals surface area contributed by atoms with E-state index in [0.29, 0.717) is 24.2 Å². The van der Waals surface area contributed by atoms with E-state index in [4.69, 9.17) is 10.7 Å². The molecule has 0 amide bonds. The number of hydrogen-bond acceptors (Lipinski definition) is 6. The molecule has 0 spiro atoms. The normalized spacial score (nSPS) is 12.1. The summed E-state index contributed by atoms with van der Waals surface area (Å²) in [5, 5.41) is 2.50. The average molecular weight is 503 g/mol. The first-order valence-electron chi connectivity index (χ1n) is 12.4. The molecule has 0 fully saturated rings. The molecule has 0 aliphatic heterocycles. The fourth-order valence-electron chi connectivity index (χ4n) is 4.68. The van der Waals surface area contributed by atoms with Gasteiger partial charge in [0.1, 0.15) is 11.3 Å². The third kappa shape index (κ3) is 4.64. The fraction of sp³-hybridized carbons (Fsp3) is 0.296. The largest absolute Gasteiger partial charge is 0.382 e. The quantitative estimate of drug-likeness (QED) is 0.265. The molecule has 9 heteroatoms. The van der Waals surface area contributed by atoms with E-state index in [9.17, 15) is 8.42 Å². The summed E-state index contributed by atoms with van der Waals surface area (Å²) in [6.07, 6.45) is 7.74. The standard InChI is InChI=1S/C27H30N6O2S/c1-2-3-13-24-32-25-26(21-10-4-5-11-22(21)31-27(25)28)33(24)17-7-6-15-30-36(34,35)23-12-8-9-19-18-29-16-14-20(19)23/h4-5,8-12,14,16,18,30H,2-3,6-7,13,15,17H2,1H3,(H2,28,31). The first-order valence-corrected chi connectivity index (χ1v) is 13.8. The number of fused-ring (bicyclic) bond motifs is 4. The Labute approximate surface area is 210 Å². The summed E-state index contributed by atoms with van der Waals surface area (Å²) < 4.78 is 31.0. The van der Waals surface area contributed by atoms with Gasteiger partial charge in [-0.1, -0.05) is 43.7 Å². The third-order valence-corrected chi connectivity index (χ3v) is 7.99. The Morgan fingerprint density at radius 2 is 1.83 bits per heavy atom. The molecule has 0 radical (unpaired) electrons. The van der Waals surface area contributed by atoms with Crippen LogP contribution >= 0.6 is 0 Å².